The van der Waals surface area contributed by atoms with Crippen LogP contribution < -0.4 is 10.6 Å². The molecule has 0 saturated carbocycles. The van der Waals surface area contributed by atoms with Crippen molar-refractivity contribution in [1.29, 1.82) is 0 Å². The average Bonchev–Trinajstić information content (AvgIpc) is 3.03. The van der Waals surface area contributed by atoms with Gasteiger partial charge in [-0.05, 0) is 37.4 Å². The van der Waals surface area contributed by atoms with Gasteiger partial charge in [0.25, 0.3) is 0 Å². The second-order valence-corrected chi connectivity index (χ2v) is 11.0. The molecule has 0 fully saturated rings. The molecule has 0 radical (unpaired) electrons. The summed E-state index contributed by atoms with van der Waals surface area (Å²) in [6.45, 7) is 10.2. The molecule has 1 unspecified atom stereocenters. The Morgan fingerprint density at radius 3 is 1.48 bits per heavy atom. The van der Waals surface area contributed by atoms with E-state index in [4.69, 9.17) is 54.5 Å². The monoisotopic (exact) mass is 689 g/mol. The number of nitrogens with one attached hydrogen (secondary N) is 2. The van der Waals surface area contributed by atoms with Gasteiger partial charge in [-0.1, -0.05) is 22.3 Å². The fourth-order valence-electron chi connectivity index (χ4n) is 3.41. The van der Waals surface area contributed by atoms with Crippen LogP contribution in [0.4, 0.5) is 4.79 Å². The zero-order valence-electron chi connectivity index (χ0n) is 28.4. The molecule has 0 bridgehead atoms. The Kier molecular flexibility index (Phi) is 27.3. The van der Waals surface area contributed by atoms with E-state index in [0.717, 1.165) is 0 Å². The highest BCUT2D eigenvalue weighted by atomic mass is 16.6. The second-order valence-electron chi connectivity index (χ2n) is 11.0. The number of rotatable bonds is 31. The van der Waals surface area contributed by atoms with E-state index in [1.54, 1.807) is 27.7 Å². The summed E-state index contributed by atoms with van der Waals surface area (Å²) in [6, 6.07) is 0. The van der Waals surface area contributed by atoms with Crippen LogP contribution >= 0.6 is 0 Å². The number of hydrogen-bond donors (Lipinski definition) is 2. The molecule has 274 valence electrons. The normalized spacial score (nSPS) is 12.8. The van der Waals surface area contributed by atoms with Crippen molar-refractivity contribution in [3.05, 3.63) is 31.3 Å². The van der Waals surface area contributed by atoms with Crippen LogP contribution in [-0.2, 0) is 42.7 Å². The van der Waals surface area contributed by atoms with Crippen LogP contribution in [0.5, 0.6) is 0 Å². The molecule has 0 spiro atoms. The van der Waals surface area contributed by atoms with Crippen LogP contribution in [0, 0.1) is 5.92 Å². The summed E-state index contributed by atoms with van der Waals surface area (Å²) in [4.78, 5) is 32.7. The van der Waals surface area contributed by atoms with E-state index < -0.39 is 23.2 Å². The lowest BCUT2D eigenvalue weighted by atomic mass is 10.0. The van der Waals surface area contributed by atoms with Gasteiger partial charge in [-0.2, -0.15) is 0 Å². The SMILES string of the molecule is CC(COCCOCCOCCOCCNC(=O)OC(C)(C)C)C(=O)NC(COCCN=[N+]=[N-])(COCCN=[N+]=[N-])COCCN=[N+]=[N-]. The van der Waals surface area contributed by atoms with Crippen molar-refractivity contribution in [2.24, 2.45) is 21.3 Å². The fraction of sp³-hybridized carbons (Fsp3) is 0.926. The Hall–Kier alpha value is -3.61. The lowest BCUT2D eigenvalue weighted by Gasteiger charge is -2.35. The third-order valence-corrected chi connectivity index (χ3v) is 5.57. The zero-order valence-corrected chi connectivity index (χ0v) is 28.4. The second kappa shape index (κ2) is 29.5. The molecule has 0 aliphatic carbocycles. The Morgan fingerprint density at radius 2 is 1.06 bits per heavy atom. The predicted molar refractivity (Wildman–Crippen MR) is 172 cm³/mol. The third kappa shape index (κ3) is 27.5. The van der Waals surface area contributed by atoms with Crippen LogP contribution in [0.25, 0.3) is 31.3 Å². The van der Waals surface area contributed by atoms with Crippen molar-refractivity contribution in [2.45, 2.75) is 38.8 Å². The van der Waals surface area contributed by atoms with E-state index in [9.17, 15) is 9.59 Å². The standard InChI is InChI=1S/C27H51N11O10/c1-23(19-44-18-17-43-16-15-42-14-13-41-9-5-31-25(40)48-26(2,3)4)24(39)35-27(20-45-10-6-32-36-28,21-46-11-7-33-37-29)22-47-12-8-34-38-30/h23H,5-22H2,1-4H3,(H,31,40)(H,35,39). The van der Waals surface area contributed by atoms with E-state index >= 15 is 0 Å². The van der Waals surface area contributed by atoms with E-state index in [-0.39, 0.29) is 78.4 Å². The van der Waals surface area contributed by atoms with E-state index in [1.165, 1.54) is 0 Å². The smallest absolute Gasteiger partial charge is 0.407 e. The quantitative estimate of drug-likeness (QED) is 0.0464. The molecule has 2 amide bonds. The predicted octanol–water partition coefficient (Wildman–Crippen LogP) is 3.05. The first kappa shape index (κ1) is 44.4. The highest BCUT2D eigenvalue weighted by molar-refractivity contribution is 5.79. The van der Waals surface area contributed by atoms with Gasteiger partial charge in [0.1, 0.15) is 11.1 Å². The van der Waals surface area contributed by atoms with Gasteiger partial charge in [-0.3, -0.25) is 4.79 Å². The summed E-state index contributed by atoms with van der Waals surface area (Å²) >= 11 is 0. The van der Waals surface area contributed by atoms with Crippen molar-refractivity contribution < 1.29 is 47.5 Å². The lowest BCUT2D eigenvalue weighted by molar-refractivity contribution is -0.133. The molecule has 0 saturated heterocycles. The van der Waals surface area contributed by atoms with Crippen LogP contribution in [0.15, 0.2) is 15.3 Å². The number of alkyl carbamates (subject to hydrolysis) is 1. The third-order valence-electron chi connectivity index (χ3n) is 5.57. The molecule has 0 aliphatic rings. The first-order chi connectivity index (χ1) is 23.1. The van der Waals surface area contributed by atoms with Gasteiger partial charge in [0.15, 0.2) is 0 Å². The maximum absolute atomic E-state index is 13.2. The molecular weight excluding hydrogens is 638 g/mol. The van der Waals surface area contributed by atoms with Gasteiger partial charge in [0.05, 0.1) is 98.4 Å². The van der Waals surface area contributed by atoms with Gasteiger partial charge in [0.2, 0.25) is 5.91 Å². The van der Waals surface area contributed by atoms with E-state index in [1.807, 2.05) is 0 Å². The summed E-state index contributed by atoms with van der Waals surface area (Å²) in [5.41, 5.74) is 23.8. The minimum Gasteiger partial charge on any atom is -0.444 e. The zero-order chi connectivity index (χ0) is 35.8. The maximum Gasteiger partial charge on any atom is 0.407 e. The molecule has 1 atom stereocenters. The Bertz CT molecular complexity index is 950. The molecule has 0 heterocycles. The molecular formula is C27H51N11O10. The molecule has 0 rings (SSSR count). The van der Waals surface area contributed by atoms with Gasteiger partial charge in [0, 0.05) is 40.9 Å². The number of amides is 2. The topological polar surface area (TPSA) is 278 Å². The summed E-state index contributed by atoms with van der Waals surface area (Å²) in [5, 5.41) is 15.8. The molecule has 48 heavy (non-hydrogen) atoms. The van der Waals surface area contributed by atoms with Gasteiger partial charge in [-0.25, -0.2) is 4.79 Å². The van der Waals surface area contributed by atoms with Gasteiger partial charge < -0.3 is 48.5 Å². The fourth-order valence-corrected chi connectivity index (χ4v) is 3.41. The average molecular weight is 690 g/mol. The summed E-state index contributed by atoms with van der Waals surface area (Å²) in [5.74, 6) is -0.926. The number of hydrogen-bond acceptors (Lipinski definition) is 13. The minimum absolute atomic E-state index is 0.0519. The van der Waals surface area contributed by atoms with Crippen molar-refractivity contribution in [1.82, 2.24) is 10.6 Å². The minimum atomic E-state index is -1.17. The number of carbonyl (C=O) groups excluding carboxylic acids is 2. The summed E-state index contributed by atoms with van der Waals surface area (Å²) < 4.78 is 44.0. The largest absolute Gasteiger partial charge is 0.444 e. The molecule has 2 N–H and O–H groups in total. The van der Waals surface area contributed by atoms with E-state index in [2.05, 4.69) is 40.7 Å². The Labute approximate surface area is 280 Å². The highest BCUT2D eigenvalue weighted by Gasteiger charge is 2.35. The first-order valence-electron chi connectivity index (χ1n) is 15.4. The molecule has 0 aromatic heterocycles. The highest BCUT2D eigenvalue weighted by Crippen LogP contribution is 2.12. The Balaban J connectivity index is 4.50. The van der Waals surface area contributed by atoms with Crippen molar-refractivity contribution in [3.63, 3.8) is 0 Å². The summed E-state index contributed by atoms with van der Waals surface area (Å²) in [6.07, 6.45) is -0.492. The van der Waals surface area contributed by atoms with Crippen LogP contribution in [-0.4, -0.2) is 142 Å². The molecule has 21 heteroatoms. The molecule has 0 aromatic rings. The van der Waals surface area contributed by atoms with E-state index in [0.29, 0.717) is 46.2 Å². The molecule has 0 aliphatic heterocycles. The van der Waals surface area contributed by atoms with Crippen molar-refractivity contribution in [3.8, 4) is 0 Å². The van der Waals surface area contributed by atoms with Gasteiger partial charge >= 0.3 is 6.09 Å². The maximum atomic E-state index is 13.2. The molecule has 0 aromatic carbocycles. The van der Waals surface area contributed by atoms with Crippen LogP contribution in [0.3, 0.4) is 0 Å². The number of nitrogens with zero attached hydrogens (tertiary/aromatic N) is 9. The Morgan fingerprint density at radius 1 is 0.646 bits per heavy atom. The number of ether oxygens (including phenoxy) is 8. The molecule has 21 nitrogen and oxygen atoms in total. The first-order valence-corrected chi connectivity index (χ1v) is 15.4. The van der Waals surface area contributed by atoms with Crippen LogP contribution in [0.1, 0.15) is 27.7 Å². The van der Waals surface area contributed by atoms with Crippen molar-refractivity contribution in [2.75, 3.05) is 119 Å². The number of azide groups is 3. The van der Waals surface area contributed by atoms with Crippen molar-refractivity contribution >= 4 is 12.0 Å². The van der Waals surface area contributed by atoms with Crippen LogP contribution in [0.2, 0.25) is 0 Å². The van der Waals surface area contributed by atoms with Gasteiger partial charge in [-0.15, -0.1) is 0 Å². The summed E-state index contributed by atoms with van der Waals surface area (Å²) in [7, 11) is 0. The lowest BCUT2D eigenvalue weighted by Crippen LogP contribution is -2.60. The number of carbonyl (C=O) groups is 2.